The van der Waals surface area contributed by atoms with Gasteiger partial charge in [-0.05, 0) is 12.1 Å². The fraction of sp³-hybridized carbons (Fsp3) is 0.0588. The van der Waals surface area contributed by atoms with Gasteiger partial charge in [-0.25, -0.2) is 9.97 Å². The maximum absolute atomic E-state index is 5.97. The number of aromatic nitrogens is 2. The third kappa shape index (κ3) is 2.10. The molecule has 0 saturated heterocycles. The average molecular weight is 275 g/mol. The minimum absolute atomic E-state index is 0.0251. The Labute approximate surface area is 122 Å². The van der Waals surface area contributed by atoms with Crippen molar-refractivity contribution in [3.63, 3.8) is 0 Å². The summed E-state index contributed by atoms with van der Waals surface area (Å²) in [6, 6.07) is 16.2. The molecule has 4 heteroatoms. The van der Waals surface area contributed by atoms with E-state index < -0.39 is 0 Å². The SMILES string of the molecule is c1ccc2c(c1)Oc1ccccc1C2Nc1cncnc1. The van der Waals surface area contributed by atoms with Gasteiger partial charge in [0, 0.05) is 11.1 Å². The van der Waals surface area contributed by atoms with E-state index >= 15 is 0 Å². The number of benzene rings is 2. The van der Waals surface area contributed by atoms with Crippen LogP contribution in [0, 0.1) is 0 Å². The molecule has 1 aromatic heterocycles. The first-order chi connectivity index (χ1) is 10.4. The molecule has 0 radical (unpaired) electrons. The number of hydrogen-bond donors (Lipinski definition) is 1. The Morgan fingerprint density at radius 3 is 2.00 bits per heavy atom. The summed E-state index contributed by atoms with van der Waals surface area (Å²) in [6.07, 6.45) is 5.07. The van der Waals surface area contributed by atoms with Crippen LogP contribution < -0.4 is 10.1 Å². The minimum atomic E-state index is 0.0251. The van der Waals surface area contributed by atoms with Crippen LogP contribution in [0.4, 0.5) is 5.69 Å². The summed E-state index contributed by atoms with van der Waals surface area (Å²) in [6.45, 7) is 0. The molecule has 0 fully saturated rings. The number of hydrogen-bond acceptors (Lipinski definition) is 4. The van der Waals surface area contributed by atoms with E-state index in [1.807, 2.05) is 36.4 Å². The summed E-state index contributed by atoms with van der Waals surface area (Å²) in [4.78, 5) is 8.11. The normalized spacial score (nSPS) is 13.0. The van der Waals surface area contributed by atoms with Gasteiger partial charge in [0.05, 0.1) is 24.1 Å². The van der Waals surface area contributed by atoms with E-state index in [4.69, 9.17) is 4.74 Å². The van der Waals surface area contributed by atoms with Gasteiger partial charge in [-0.1, -0.05) is 36.4 Å². The molecule has 4 rings (SSSR count). The quantitative estimate of drug-likeness (QED) is 0.773. The summed E-state index contributed by atoms with van der Waals surface area (Å²) in [5, 5.41) is 3.49. The number of anilines is 1. The van der Waals surface area contributed by atoms with Crippen LogP contribution >= 0.6 is 0 Å². The molecule has 0 bridgehead atoms. The van der Waals surface area contributed by atoms with Crippen molar-refractivity contribution in [2.24, 2.45) is 0 Å². The molecule has 1 N–H and O–H groups in total. The van der Waals surface area contributed by atoms with E-state index in [9.17, 15) is 0 Å². The van der Waals surface area contributed by atoms with E-state index in [0.717, 1.165) is 28.3 Å². The highest BCUT2D eigenvalue weighted by Gasteiger charge is 2.26. The molecule has 21 heavy (non-hydrogen) atoms. The van der Waals surface area contributed by atoms with Gasteiger partial charge in [0.1, 0.15) is 17.8 Å². The number of fused-ring (bicyclic) bond motifs is 2. The molecule has 0 unspecified atom stereocenters. The number of rotatable bonds is 2. The summed E-state index contributed by atoms with van der Waals surface area (Å²) in [5.74, 6) is 1.76. The topological polar surface area (TPSA) is 47.0 Å². The molecule has 3 aromatic rings. The Bertz CT molecular complexity index is 728. The molecule has 1 aliphatic rings. The van der Waals surface area contributed by atoms with E-state index in [1.165, 1.54) is 6.33 Å². The highest BCUT2D eigenvalue weighted by Crippen LogP contribution is 2.43. The monoisotopic (exact) mass is 275 g/mol. The molecule has 4 nitrogen and oxygen atoms in total. The largest absolute Gasteiger partial charge is 0.457 e. The van der Waals surface area contributed by atoms with Gasteiger partial charge in [0.25, 0.3) is 0 Å². The molecule has 2 aromatic carbocycles. The molecule has 0 saturated carbocycles. The van der Waals surface area contributed by atoms with Crippen molar-refractivity contribution >= 4 is 5.69 Å². The van der Waals surface area contributed by atoms with Crippen LogP contribution in [0.5, 0.6) is 11.5 Å². The molecule has 0 aliphatic carbocycles. The van der Waals surface area contributed by atoms with E-state index in [-0.39, 0.29) is 6.04 Å². The molecule has 2 heterocycles. The molecular weight excluding hydrogens is 262 g/mol. The zero-order valence-electron chi connectivity index (χ0n) is 11.2. The predicted molar refractivity (Wildman–Crippen MR) is 80.5 cm³/mol. The van der Waals surface area contributed by atoms with Crippen molar-refractivity contribution in [3.05, 3.63) is 78.4 Å². The first kappa shape index (κ1) is 11.9. The second kappa shape index (κ2) is 4.90. The van der Waals surface area contributed by atoms with Crippen LogP contribution in [-0.2, 0) is 0 Å². The average Bonchev–Trinajstić information content (AvgIpc) is 2.55. The molecular formula is C17H13N3O. The first-order valence-electron chi connectivity index (χ1n) is 6.79. The lowest BCUT2D eigenvalue weighted by atomic mass is 9.94. The maximum Gasteiger partial charge on any atom is 0.133 e. The first-order valence-corrected chi connectivity index (χ1v) is 6.79. The smallest absolute Gasteiger partial charge is 0.133 e. The van der Waals surface area contributed by atoms with Crippen LogP contribution in [0.25, 0.3) is 0 Å². The van der Waals surface area contributed by atoms with Crippen molar-refractivity contribution in [3.8, 4) is 11.5 Å². The van der Waals surface area contributed by atoms with Crippen LogP contribution in [0.1, 0.15) is 17.2 Å². The van der Waals surface area contributed by atoms with Gasteiger partial charge in [-0.3, -0.25) is 0 Å². The summed E-state index contributed by atoms with van der Waals surface area (Å²) in [7, 11) is 0. The second-order valence-electron chi connectivity index (χ2n) is 4.88. The summed E-state index contributed by atoms with van der Waals surface area (Å²) in [5.41, 5.74) is 3.11. The van der Waals surface area contributed by atoms with Crippen molar-refractivity contribution in [1.82, 2.24) is 9.97 Å². The van der Waals surface area contributed by atoms with Gasteiger partial charge in [0.15, 0.2) is 0 Å². The van der Waals surface area contributed by atoms with Gasteiger partial charge in [-0.2, -0.15) is 0 Å². The molecule has 0 spiro atoms. The van der Waals surface area contributed by atoms with E-state index in [0.29, 0.717) is 0 Å². The standard InChI is InChI=1S/C17H13N3O/c1-3-7-15-13(5-1)17(20-12-9-18-11-19-10-12)14-6-2-4-8-16(14)21-15/h1-11,17,20H. The lowest BCUT2D eigenvalue weighted by Crippen LogP contribution is -2.17. The Morgan fingerprint density at radius 2 is 1.38 bits per heavy atom. The van der Waals surface area contributed by atoms with Gasteiger partial charge >= 0.3 is 0 Å². The maximum atomic E-state index is 5.97. The zero-order chi connectivity index (χ0) is 14.1. The van der Waals surface area contributed by atoms with Crippen LogP contribution in [-0.4, -0.2) is 9.97 Å². The van der Waals surface area contributed by atoms with Gasteiger partial charge in [0.2, 0.25) is 0 Å². The lowest BCUT2D eigenvalue weighted by molar-refractivity contribution is 0.451. The number of nitrogens with zero attached hydrogens (tertiary/aromatic N) is 2. The third-order valence-electron chi connectivity index (χ3n) is 3.55. The van der Waals surface area contributed by atoms with Crippen LogP contribution in [0.15, 0.2) is 67.3 Å². The molecule has 1 aliphatic heterocycles. The molecule has 0 atom stereocenters. The van der Waals surface area contributed by atoms with Crippen molar-refractivity contribution in [1.29, 1.82) is 0 Å². The predicted octanol–water partition coefficient (Wildman–Crippen LogP) is 3.78. The van der Waals surface area contributed by atoms with E-state index in [2.05, 4.69) is 27.4 Å². The Balaban J connectivity index is 1.82. The highest BCUT2D eigenvalue weighted by atomic mass is 16.5. The van der Waals surface area contributed by atoms with E-state index in [1.54, 1.807) is 12.4 Å². The Kier molecular flexibility index (Phi) is 2.78. The van der Waals surface area contributed by atoms with Gasteiger partial charge in [-0.15, -0.1) is 0 Å². The fourth-order valence-electron chi connectivity index (χ4n) is 2.61. The molecule has 102 valence electrons. The summed E-state index contributed by atoms with van der Waals surface area (Å²) >= 11 is 0. The van der Waals surface area contributed by atoms with Crippen LogP contribution in [0.2, 0.25) is 0 Å². The fourth-order valence-corrected chi connectivity index (χ4v) is 2.61. The van der Waals surface area contributed by atoms with Crippen molar-refractivity contribution in [2.45, 2.75) is 6.04 Å². The number of ether oxygens (including phenoxy) is 1. The third-order valence-corrected chi connectivity index (χ3v) is 3.55. The second-order valence-corrected chi connectivity index (χ2v) is 4.88. The Morgan fingerprint density at radius 1 is 0.810 bits per heavy atom. The van der Waals surface area contributed by atoms with Crippen molar-refractivity contribution < 1.29 is 4.74 Å². The van der Waals surface area contributed by atoms with Gasteiger partial charge < -0.3 is 10.1 Å². The lowest BCUT2D eigenvalue weighted by Gasteiger charge is -2.29. The number of para-hydroxylation sites is 2. The highest BCUT2D eigenvalue weighted by molar-refractivity contribution is 5.57. The Hall–Kier alpha value is -2.88. The molecule has 0 amide bonds. The van der Waals surface area contributed by atoms with Crippen LogP contribution in [0.3, 0.4) is 0 Å². The number of nitrogens with one attached hydrogen (secondary N) is 1. The summed E-state index contributed by atoms with van der Waals surface area (Å²) < 4.78 is 5.97. The minimum Gasteiger partial charge on any atom is -0.457 e. The zero-order valence-corrected chi connectivity index (χ0v) is 11.2. The van der Waals surface area contributed by atoms with Crippen molar-refractivity contribution in [2.75, 3.05) is 5.32 Å².